The van der Waals surface area contributed by atoms with E-state index in [0.717, 1.165) is 64.1 Å². The highest BCUT2D eigenvalue weighted by Gasteiger charge is 2.21. The zero-order valence-corrected chi connectivity index (χ0v) is 21.4. The number of hydrazone groups is 1. The van der Waals surface area contributed by atoms with Crippen LogP contribution in [-0.2, 0) is 19.4 Å². The molecule has 4 rings (SSSR count). The Hall–Kier alpha value is -3.25. The van der Waals surface area contributed by atoms with Gasteiger partial charge in [0.15, 0.2) is 0 Å². The number of thiazole rings is 1. The summed E-state index contributed by atoms with van der Waals surface area (Å²) in [6, 6.07) is 14.6. The first-order valence-corrected chi connectivity index (χ1v) is 12.7. The van der Waals surface area contributed by atoms with Crippen molar-refractivity contribution in [1.29, 1.82) is 0 Å². The van der Waals surface area contributed by atoms with E-state index in [1.807, 2.05) is 37.1 Å². The standard InChI is InChI=1S/C28H32N4OS/c1-6-21-13-23-15-25(20(5)16-32(7-2)31-19(3)4)30-27(23)26(14-21)33-17-24-18-34-28(29-24)22-11-9-8-10-12-22/h8-14,16,18H,6-7,15,17H2,1-5H3/b20-16+. The molecule has 0 N–H and O–H groups in total. The number of aryl methyl sites for hydroxylation is 1. The third-order valence-corrected chi connectivity index (χ3v) is 6.57. The molecule has 2 heterocycles. The Kier molecular flexibility index (Phi) is 7.58. The zero-order chi connectivity index (χ0) is 24.1. The molecule has 34 heavy (non-hydrogen) atoms. The van der Waals surface area contributed by atoms with Crippen LogP contribution in [0.3, 0.4) is 0 Å². The van der Waals surface area contributed by atoms with Gasteiger partial charge in [0.2, 0.25) is 0 Å². The molecule has 6 heteroatoms. The number of aromatic nitrogens is 1. The van der Waals surface area contributed by atoms with E-state index in [2.05, 4.69) is 61.7 Å². The van der Waals surface area contributed by atoms with Crippen molar-refractivity contribution in [2.45, 2.75) is 54.1 Å². The summed E-state index contributed by atoms with van der Waals surface area (Å²) in [6.07, 6.45) is 3.85. The van der Waals surface area contributed by atoms with Gasteiger partial charge in [-0.25, -0.2) is 9.98 Å². The minimum Gasteiger partial charge on any atom is -0.485 e. The molecule has 0 aliphatic carbocycles. The van der Waals surface area contributed by atoms with Gasteiger partial charge >= 0.3 is 0 Å². The van der Waals surface area contributed by atoms with Gasteiger partial charge in [0.05, 0.1) is 11.4 Å². The number of rotatable bonds is 9. The van der Waals surface area contributed by atoms with Gasteiger partial charge in [0, 0.05) is 35.8 Å². The van der Waals surface area contributed by atoms with Gasteiger partial charge in [-0.1, -0.05) is 43.3 Å². The number of allylic oxidation sites excluding steroid dienone is 1. The summed E-state index contributed by atoms with van der Waals surface area (Å²) < 4.78 is 6.29. The number of aliphatic imine (C=N–C) groups is 1. The predicted octanol–water partition coefficient (Wildman–Crippen LogP) is 7.20. The molecule has 0 unspecified atom stereocenters. The smallest absolute Gasteiger partial charge is 0.146 e. The van der Waals surface area contributed by atoms with Crippen molar-refractivity contribution in [1.82, 2.24) is 9.99 Å². The summed E-state index contributed by atoms with van der Waals surface area (Å²) in [5.41, 5.74) is 8.71. The van der Waals surface area contributed by atoms with Crippen LogP contribution >= 0.6 is 11.3 Å². The molecule has 2 aromatic carbocycles. The monoisotopic (exact) mass is 472 g/mol. The van der Waals surface area contributed by atoms with Gasteiger partial charge in [-0.3, -0.25) is 5.01 Å². The summed E-state index contributed by atoms with van der Waals surface area (Å²) in [7, 11) is 0. The molecule has 0 amide bonds. The SMILES string of the molecule is CCc1cc2c(c(OCc3csc(-c4ccccc4)n3)c1)N=C(/C(C)=C/N(CC)N=C(C)C)C2. The second kappa shape index (κ2) is 10.8. The van der Waals surface area contributed by atoms with Crippen LogP contribution < -0.4 is 4.74 Å². The fraction of sp³-hybridized carbons (Fsp3) is 0.321. The minimum atomic E-state index is 0.427. The third-order valence-electron chi connectivity index (χ3n) is 5.62. The molecular formula is C28H32N4OS. The summed E-state index contributed by atoms with van der Waals surface area (Å²) >= 11 is 1.65. The van der Waals surface area contributed by atoms with E-state index >= 15 is 0 Å². The zero-order valence-electron chi connectivity index (χ0n) is 20.6. The van der Waals surface area contributed by atoms with Gasteiger partial charge in [-0.05, 0) is 56.9 Å². The molecule has 1 aromatic heterocycles. The van der Waals surface area contributed by atoms with Crippen LogP contribution in [0.15, 0.2) is 69.7 Å². The molecule has 5 nitrogen and oxygen atoms in total. The van der Waals surface area contributed by atoms with Crippen LogP contribution in [-0.4, -0.2) is 28.0 Å². The number of nitrogens with zero attached hydrogens (tertiary/aromatic N) is 4. The Balaban J connectivity index is 1.55. The van der Waals surface area contributed by atoms with Gasteiger partial charge in [-0.15, -0.1) is 11.3 Å². The van der Waals surface area contributed by atoms with Crippen molar-refractivity contribution in [2.75, 3.05) is 6.54 Å². The van der Waals surface area contributed by atoms with Gasteiger partial charge in [0.25, 0.3) is 0 Å². The Labute approximate surface area is 206 Å². The molecule has 0 saturated carbocycles. The van der Waals surface area contributed by atoms with Gasteiger partial charge in [0.1, 0.15) is 23.1 Å². The fourth-order valence-electron chi connectivity index (χ4n) is 3.87. The maximum absolute atomic E-state index is 6.29. The average Bonchev–Trinajstić information content (AvgIpc) is 3.49. The van der Waals surface area contributed by atoms with E-state index in [1.54, 1.807) is 11.3 Å². The molecule has 176 valence electrons. The Morgan fingerprint density at radius 2 is 1.94 bits per heavy atom. The number of hydrogen-bond acceptors (Lipinski definition) is 6. The molecule has 0 saturated heterocycles. The summed E-state index contributed by atoms with van der Waals surface area (Å²) in [5, 5.41) is 9.63. The molecule has 1 aliphatic heterocycles. The van der Waals surface area contributed by atoms with E-state index in [-0.39, 0.29) is 0 Å². The largest absolute Gasteiger partial charge is 0.485 e. The summed E-state index contributed by atoms with van der Waals surface area (Å²) in [5.74, 6) is 0.834. The molecule has 0 spiro atoms. The average molecular weight is 473 g/mol. The van der Waals surface area contributed by atoms with Crippen molar-refractivity contribution >= 4 is 28.4 Å². The Morgan fingerprint density at radius 1 is 1.15 bits per heavy atom. The van der Waals surface area contributed by atoms with Crippen molar-refractivity contribution in [3.63, 3.8) is 0 Å². The summed E-state index contributed by atoms with van der Waals surface area (Å²) in [4.78, 5) is 9.76. The predicted molar refractivity (Wildman–Crippen MR) is 143 cm³/mol. The van der Waals surface area contributed by atoms with Crippen LogP contribution in [0.25, 0.3) is 10.6 Å². The quantitative estimate of drug-likeness (QED) is 0.244. The van der Waals surface area contributed by atoms with Crippen LogP contribution in [0.5, 0.6) is 5.75 Å². The maximum Gasteiger partial charge on any atom is 0.146 e. The summed E-state index contributed by atoms with van der Waals surface area (Å²) in [6.45, 7) is 11.6. The first-order valence-electron chi connectivity index (χ1n) is 11.8. The second-order valence-corrected chi connectivity index (χ2v) is 9.46. The maximum atomic E-state index is 6.29. The van der Waals surface area contributed by atoms with Crippen molar-refractivity contribution in [2.24, 2.45) is 10.1 Å². The number of hydrogen-bond donors (Lipinski definition) is 0. The lowest BCUT2D eigenvalue weighted by Gasteiger charge is -2.14. The van der Waals surface area contributed by atoms with Crippen LogP contribution in [0, 0.1) is 0 Å². The number of benzene rings is 2. The third kappa shape index (κ3) is 5.62. The van der Waals surface area contributed by atoms with Gasteiger partial charge in [-0.2, -0.15) is 5.10 Å². The molecule has 0 fully saturated rings. The lowest BCUT2D eigenvalue weighted by Crippen LogP contribution is -2.13. The first-order chi connectivity index (χ1) is 16.5. The second-order valence-electron chi connectivity index (χ2n) is 8.60. The number of ether oxygens (including phenoxy) is 1. The van der Waals surface area contributed by atoms with E-state index in [1.165, 1.54) is 11.1 Å². The first kappa shape index (κ1) is 23.9. The lowest BCUT2D eigenvalue weighted by molar-refractivity contribution is 0.303. The van der Waals surface area contributed by atoms with Crippen molar-refractivity contribution < 1.29 is 4.74 Å². The molecular weight excluding hydrogens is 440 g/mol. The lowest BCUT2D eigenvalue weighted by atomic mass is 10.0. The fourth-order valence-corrected chi connectivity index (χ4v) is 4.68. The Bertz CT molecular complexity index is 1240. The van der Waals surface area contributed by atoms with E-state index < -0.39 is 0 Å². The number of fused-ring (bicyclic) bond motifs is 1. The topological polar surface area (TPSA) is 50.1 Å². The minimum absolute atomic E-state index is 0.427. The van der Waals surface area contributed by atoms with Crippen molar-refractivity contribution in [3.8, 4) is 16.3 Å². The van der Waals surface area contributed by atoms with Crippen LogP contribution in [0.1, 0.15) is 51.4 Å². The highest BCUT2D eigenvalue weighted by Crippen LogP contribution is 2.39. The molecule has 1 aliphatic rings. The molecule has 0 atom stereocenters. The van der Waals surface area contributed by atoms with E-state index in [0.29, 0.717) is 6.61 Å². The highest BCUT2D eigenvalue weighted by atomic mass is 32.1. The van der Waals surface area contributed by atoms with E-state index in [9.17, 15) is 0 Å². The van der Waals surface area contributed by atoms with E-state index in [4.69, 9.17) is 14.7 Å². The van der Waals surface area contributed by atoms with Crippen LogP contribution in [0.4, 0.5) is 5.69 Å². The highest BCUT2D eigenvalue weighted by molar-refractivity contribution is 7.13. The molecule has 0 radical (unpaired) electrons. The molecule has 3 aromatic rings. The Morgan fingerprint density at radius 3 is 2.65 bits per heavy atom. The van der Waals surface area contributed by atoms with Crippen molar-refractivity contribution in [3.05, 3.63) is 76.4 Å². The van der Waals surface area contributed by atoms with Crippen LogP contribution in [0.2, 0.25) is 0 Å². The van der Waals surface area contributed by atoms with Gasteiger partial charge < -0.3 is 4.74 Å². The normalized spacial score (nSPS) is 12.9. The molecule has 0 bridgehead atoms.